The molecular weight excluding hydrogens is 194 g/mol. The highest BCUT2D eigenvalue weighted by Crippen LogP contribution is 2.11. The molecule has 94 valence electrons. The fraction of sp³-hybridized carbons (Fsp3) is 0.733. The van der Waals surface area contributed by atoms with Gasteiger partial charge in [0.1, 0.15) is 0 Å². The molecule has 1 atom stereocenters. The minimum atomic E-state index is 0.651. The number of nitrogens with zero attached hydrogens (tertiary/aromatic N) is 1. The first-order chi connectivity index (χ1) is 7.76. The van der Waals surface area contributed by atoms with Crippen molar-refractivity contribution in [2.75, 3.05) is 13.1 Å². The Labute approximate surface area is 102 Å². The van der Waals surface area contributed by atoms with Crippen LogP contribution in [-0.4, -0.2) is 24.0 Å². The lowest BCUT2D eigenvalue weighted by Crippen LogP contribution is -2.33. The summed E-state index contributed by atoms with van der Waals surface area (Å²) in [6.45, 7) is 14.1. The van der Waals surface area contributed by atoms with Gasteiger partial charge in [0.25, 0.3) is 0 Å². The van der Waals surface area contributed by atoms with Gasteiger partial charge in [0.2, 0.25) is 0 Å². The van der Waals surface area contributed by atoms with Gasteiger partial charge in [0, 0.05) is 19.1 Å². The maximum Gasteiger partial charge on any atom is 0.0166 e. The Bertz CT molecular complexity index is 164. The van der Waals surface area contributed by atoms with Gasteiger partial charge < -0.3 is 0 Å². The molecule has 0 aliphatic heterocycles. The van der Waals surface area contributed by atoms with E-state index in [-0.39, 0.29) is 0 Å². The van der Waals surface area contributed by atoms with Crippen molar-refractivity contribution in [2.24, 2.45) is 0 Å². The number of hydrogen-bond donors (Lipinski definition) is 0. The van der Waals surface area contributed by atoms with Gasteiger partial charge >= 0.3 is 0 Å². The van der Waals surface area contributed by atoms with E-state index in [2.05, 4.69) is 31.9 Å². The average Bonchev–Trinajstić information content (AvgIpc) is 2.28. The van der Waals surface area contributed by atoms with Crippen molar-refractivity contribution >= 4 is 0 Å². The molecule has 0 radical (unpaired) electrons. The summed E-state index contributed by atoms with van der Waals surface area (Å²) in [6.07, 6.45) is 12.1. The Balaban J connectivity index is 3.68. The molecule has 16 heavy (non-hydrogen) atoms. The van der Waals surface area contributed by atoms with Gasteiger partial charge in [-0.25, -0.2) is 0 Å². The number of rotatable bonds is 11. The van der Waals surface area contributed by atoms with E-state index >= 15 is 0 Å². The van der Waals surface area contributed by atoms with Crippen LogP contribution in [0, 0.1) is 0 Å². The van der Waals surface area contributed by atoms with Crippen molar-refractivity contribution < 1.29 is 0 Å². The summed E-state index contributed by atoms with van der Waals surface area (Å²) >= 11 is 0. The van der Waals surface area contributed by atoms with E-state index < -0.39 is 0 Å². The minimum Gasteiger partial charge on any atom is -0.293 e. The maximum absolute atomic E-state index is 3.81. The SMILES string of the molecule is C=CCN(CC=C)C(C)CCCCCCC. The van der Waals surface area contributed by atoms with Crippen LogP contribution in [0.4, 0.5) is 0 Å². The van der Waals surface area contributed by atoms with Gasteiger partial charge in [-0.05, 0) is 13.3 Å². The van der Waals surface area contributed by atoms with E-state index in [4.69, 9.17) is 0 Å². The zero-order chi connectivity index (χ0) is 12.2. The summed E-state index contributed by atoms with van der Waals surface area (Å²) in [5.41, 5.74) is 0. The molecular formula is C15H29N. The number of hydrogen-bond acceptors (Lipinski definition) is 1. The van der Waals surface area contributed by atoms with Crippen LogP contribution in [-0.2, 0) is 0 Å². The van der Waals surface area contributed by atoms with Crippen LogP contribution in [0.5, 0.6) is 0 Å². The molecule has 1 heteroatoms. The molecule has 1 unspecified atom stereocenters. The van der Waals surface area contributed by atoms with Crippen LogP contribution < -0.4 is 0 Å². The second-order valence-corrected chi connectivity index (χ2v) is 4.58. The second-order valence-electron chi connectivity index (χ2n) is 4.58. The third-order valence-corrected chi connectivity index (χ3v) is 3.08. The lowest BCUT2D eigenvalue weighted by molar-refractivity contribution is 0.239. The zero-order valence-corrected chi connectivity index (χ0v) is 11.3. The summed E-state index contributed by atoms with van der Waals surface area (Å²) in [4.78, 5) is 2.43. The molecule has 0 aliphatic carbocycles. The standard InChI is InChI=1S/C15H29N/c1-5-8-9-10-11-12-15(4)16(13-6-2)14-7-3/h6-7,15H,2-3,5,8-14H2,1,4H3. The van der Waals surface area contributed by atoms with E-state index in [0.29, 0.717) is 6.04 Å². The molecule has 0 heterocycles. The fourth-order valence-corrected chi connectivity index (χ4v) is 1.99. The summed E-state index contributed by atoms with van der Waals surface area (Å²) in [7, 11) is 0. The Morgan fingerprint density at radius 3 is 2.06 bits per heavy atom. The summed E-state index contributed by atoms with van der Waals surface area (Å²) in [6, 6.07) is 0.651. The topological polar surface area (TPSA) is 3.24 Å². The van der Waals surface area contributed by atoms with Crippen molar-refractivity contribution in [2.45, 2.75) is 58.4 Å². The van der Waals surface area contributed by atoms with E-state index in [9.17, 15) is 0 Å². The van der Waals surface area contributed by atoms with Crippen molar-refractivity contribution in [1.82, 2.24) is 4.90 Å². The molecule has 0 saturated carbocycles. The molecule has 0 N–H and O–H groups in total. The molecule has 0 rings (SSSR count). The molecule has 0 amide bonds. The van der Waals surface area contributed by atoms with Gasteiger partial charge in [-0.3, -0.25) is 4.90 Å². The fourth-order valence-electron chi connectivity index (χ4n) is 1.99. The van der Waals surface area contributed by atoms with Crippen molar-refractivity contribution in [3.05, 3.63) is 25.3 Å². The van der Waals surface area contributed by atoms with Gasteiger partial charge in [-0.15, -0.1) is 13.2 Å². The lowest BCUT2D eigenvalue weighted by Gasteiger charge is -2.26. The largest absolute Gasteiger partial charge is 0.293 e. The van der Waals surface area contributed by atoms with Crippen LogP contribution in [0.1, 0.15) is 52.4 Å². The molecule has 0 aromatic rings. The Morgan fingerprint density at radius 1 is 1.00 bits per heavy atom. The molecule has 1 nitrogen and oxygen atoms in total. The number of unbranched alkanes of at least 4 members (excludes halogenated alkanes) is 4. The smallest absolute Gasteiger partial charge is 0.0166 e. The van der Waals surface area contributed by atoms with E-state index in [1.54, 1.807) is 0 Å². The van der Waals surface area contributed by atoms with E-state index in [0.717, 1.165) is 13.1 Å². The molecule has 0 aromatic carbocycles. The molecule has 0 aliphatic rings. The van der Waals surface area contributed by atoms with Crippen LogP contribution in [0.2, 0.25) is 0 Å². The summed E-state index contributed by atoms with van der Waals surface area (Å²) < 4.78 is 0. The monoisotopic (exact) mass is 223 g/mol. The van der Waals surface area contributed by atoms with E-state index in [1.165, 1.54) is 38.5 Å². The third kappa shape index (κ3) is 7.70. The van der Waals surface area contributed by atoms with Crippen LogP contribution in [0.3, 0.4) is 0 Å². The highest BCUT2D eigenvalue weighted by molar-refractivity contribution is 4.82. The van der Waals surface area contributed by atoms with Gasteiger partial charge in [-0.1, -0.05) is 51.2 Å². The van der Waals surface area contributed by atoms with Crippen molar-refractivity contribution in [3.8, 4) is 0 Å². The Morgan fingerprint density at radius 2 is 1.56 bits per heavy atom. The Hall–Kier alpha value is -0.560. The van der Waals surface area contributed by atoms with Crippen LogP contribution >= 0.6 is 0 Å². The maximum atomic E-state index is 3.81. The van der Waals surface area contributed by atoms with Crippen molar-refractivity contribution in [1.29, 1.82) is 0 Å². The average molecular weight is 223 g/mol. The first kappa shape index (κ1) is 15.4. The van der Waals surface area contributed by atoms with Crippen molar-refractivity contribution in [3.63, 3.8) is 0 Å². The lowest BCUT2D eigenvalue weighted by atomic mass is 10.1. The molecule has 0 spiro atoms. The predicted octanol–water partition coefficient (Wildman–Crippen LogP) is 4.41. The van der Waals surface area contributed by atoms with E-state index in [1.807, 2.05) is 12.2 Å². The quantitative estimate of drug-likeness (QED) is 0.370. The van der Waals surface area contributed by atoms with Crippen LogP contribution in [0.25, 0.3) is 0 Å². The normalized spacial score (nSPS) is 12.7. The third-order valence-electron chi connectivity index (χ3n) is 3.08. The molecule has 0 bridgehead atoms. The summed E-state index contributed by atoms with van der Waals surface area (Å²) in [5.74, 6) is 0. The van der Waals surface area contributed by atoms with Gasteiger partial charge in [0.05, 0.1) is 0 Å². The highest BCUT2D eigenvalue weighted by Gasteiger charge is 2.09. The summed E-state index contributed by atoms with van der Waals surface area (Å²) in [5, 5.41) is 0. The molecule has 0 fully saturated rings. The zero-order valence-electron chi connectivity index (χ0n) is 11.3. The first-order valence-electron chi connectivity index (χ1n) is 6.72. The van der Waals surface area contributed by atoms with Gasteiger partial charge in [0.15, 0.2) is 0 Å². The first-order valence-corrected chi connectivity index (χ1v) is 6.72. The van der Waals surface area contributed by atoms with Gasteiger partial charge in [-0.2, -0.15) is 0 Å². The second kappa shape index (κ2) is 10.9. The predicted molar refractivity (Wildman–Crippen MR) is 74.8 cm³/mol. The van der Waals surface area contributed by atoms with Crippen LogP contribution in [0.15, 0.2) is 25.3 Å². The molecule has 0 aromatic heterocycles. The minimum absolute atomic E-state index is 0.651. The highest BCUT2D eigenvalue weighted by atomic mass is 15.1. The molecule has 0 saturated heterocycles. The Kier molecular flexibility index (Phi) is 10.6.